The molecule has 0 saturated heterocycles. The van der Waals surface area contributed by atoms with Crippen LogP contribution in [0.25, 0.3) is 11.0 Å². The lowest BCUT2D eigenvalue weighted by atomic mass is 10.2. The Morgan fingerprint density at radius 1 is 1.19 bits per heavy atom. The quantitative estimate of drug-likeness (QED) is 0.521. The zero-order chi connectivity index (χ0) is 19.6. The molecule has 0 spiro atoms. The van der Waals surface area contributed by atoms with Gasteiger partial charge in [0.05, 0.1) is 11.4 Å². The van der Waals surface area contributed by atoms with E-state index in [0.717, 1.165) is 16.9 Å². The number of rotatable bonds is 6. The molecule has 1 N–H and O–H groups in total. The molecule has 7 nitrogen and oxygen atoms in total. The maximum absolute atomic E-state index is 12.9. The van der Waals surface area contributed by atoms with E-state index >= 15 is 0 Å². The van der Waals surface area contributed by atoms with E-state index in [1.54, 1.807) is 9.25 Å². The van der Waals surface area contributed by atoms with Crippen LogP contribution in [0.3, 0.4) is 0 Å². The molecule has 8 heteroatoms. The molecule has 0 bridgehead atoms. The van der Waals surface area contributed by atoms with Gasteiger partial charge in [-0.15, -0.1) is 0 Å². The number of nitrogens with zero attached hydrogens (tertiary/aromatic N) is 4. The van der Waals surface area contributed by atoms with Crippen molar-refractivity contribution in [2.24, 2.45) is 0 Å². The van der Waals surface area contributed by atoms with Gasteiger partial charge in [0, 0.05) is 18.8 Å². The minimum atomic E-state index is -0.132. The highest BCUT2D eigenvalue weighted by Crippen LogP contribution is 2.21. The van der Waals surface area contributed by atoms with Crippen molar-refractivity contribution in [1.82, 2.24) is 19.3 Å². The Morgan fingerprint density at radius 2 is 1.93 bits per heavy atom. The van der Waals surface area contributed by atoms with Gasteiger partial charge >= 0.3 is 0 Å². The van der Waals surface area contributed by atoms with Gasteiger partial charge in [0.15, 0.2) is 10.7 Å². The predicted octanol–water partition coefficient (Wildman–Crippen LogP) is 2.98. The Kier molecular flexibility index (Phi) is 5.65. The maximum atomic E-state index is 12.9. The van der Waals surface area contributed by atoms with E-state index in [9.17, 15) is 9.59 Å². The second-order valence-corrected chi connectivity index (χ2v) is 7.14. The Labute approximate surface area is 161 Å². The number of amides is 1. The van der Waals surface area contributed by atoms with Crippen molar-refractivity contribution in [2.75, 3.05) is 11.1 Å². The van der Waals surface area contributed by atoms with E-state index in [0.29, 0.717) is 29.3 Å². The molecule has 0 atom stereocenters. The third kappa shape index (κ3) is 3.75. The molecule has 2 heterocycles. The van der Waals surface area contributed by atoms with Crippen molar-refractivity contribution in [2.45, 2.75) is 45.9 Å². The SMILES string of the molecule is CCn1c(SCC(=O)Nc2ccccc2C)nc2c(C)nn(CC)c2c1=O. The third-order valence-electron chi connectivity index (χ3n) is 4.35. The molecule has 0 fully saturated rings. The molecule has 0 aliphatic rings. The van der Waals surface area contributed by atoms with Crippen molar-refractivity contribution < 1.29 is 4.79 Å². The van der Waals surface area contributed by atoms with Crippen LogP contribution in [0.5, 0.6) is 0 Å². The van der Waals surface area contributed by atoms with Crippen molar-refractivity contribution in [3.63, 3.8) is 0 Å². The van der Waals surface area contributed by atoms with E-state index in [-0.39, 0.29) is 17.2 Å². The van der Waals surface area contributed by atoms with Crippen molar-refractivity contribution in [1.29, 1.82) is 0 Å². The molecule has 0 aliphatic heterocycles. The van der Waals surface area contributed by atoms with Gasteiger partial charge in [0.1, 0.15) is 5.52 Å². The molecular weight excluding hydrogens is 362 g/mol. The van der Waals surface area contributed by atoms with Crippen LogP contribution < -0.4 is 10.9 Å². The normalized spacial score (nSPS) is 11.1. The average molecular weight is 385 g/mol. The number of fused-ring (bicyclic) bond motifs is 1. The molecule has 3 aromatic rings. The van der Waals surface area contributed by atoms with Gasteiger partial charge < -0.3 is 5.32 Å². The molecule has 0 saturated carbocycles. The summed E-state index contributed by atoms with van der Waals surface area (Å²) in [7, 11) is 0. The number of nitrogens with one attached hydrogen (secondary N) is 1. The molecule has 0 aliphatic carbocycles. The number of thioether (sulfide) groups is 1. The first-order chi connectivity index (χ1) is 13.0. The summed E-state index contributed by atoms with van der Waals surface area (Å²) in [6.45, 7) is 8.72. The standard InChI is InChI=1S/C19H23N5O2S/c1-5-23-18(26)17-16(13(4)22-24(17)6-2)21-19(23)27-11-15(25)20-14-10-8-7-9-12(14)3/h7-10H,5-6,11H2,1-4H3,(H,20,25). The summed E-state index contributed by atoms with van der Waals surface area (Å²) < 4.78 is 3.28. The van der Waals surface area contributed by atoms with E-state index < -0.39 is 0 Å². The van der Waals surface area contributed by atoms with Gasteiger partial charge in [-0.1, -0.05) is 30.0 Å². The first kappa shape index (κ1) is 19.2. The predicted molar refractivity (Wildman–Crippen MR) is 108 cm³/mol. The highest BCUT2D eigenvalue weighted by molar-refractivity contribution is 7.99. The number of carbonyl (C=O) groups is 1. The average Bonchev–Trinajstić information content (AvgIpc) is 2.98. The van der Waals surface area contributed by atoms with Crippen LogP contribution in [0.2, 0.25) is 0 Å². The van der Waals surface area contributed by atoms with E-state index in [2.05, 4.69) is 15.4 Å². The molecule has 3 rings (SSSR count). The molecule has 0 unspecified atom stereocenters. The van der Waals surface area contributed by atoms with Crippen LogP contribution in [0.4, 0.5) is 5.69 Å². The number of hydrogen-bond donors (Lipinski definition) is 1. The fourth-order valence-electron chi connectivity index (χ4n) is 2.94. The van der Waals surface area contributed by atoms with Crippen molar-refractivity contribution in [3.05, 3.63) is 45.9 Å². The number of aryl methyl sites for hydroxylation is 3. The largest absolute Gasteiger partial charge is 0.325 e. The fourth-order valence-corrected chi connectivity index (χ4v) is 3.79. The van der Waals surface area contributed by atoms with E-state index in [1.807, 2.05) is 52.0 Å². The molecule has 0 radical (unpaired) electrons. The molecule has 1 aromatic carbocycles. The van der Waals surface area contributed by atoms with Crippen LogP contribution in [0.1, 0.15) is 25.1 Å². The van der Waals surface area contributed by atoms with Gasteiger partial charge in [-0.05, 0) is 39.3 Å². The van der Waals surface area contributed by atoms with Gasteiger partial charge in [-0.2, -0.15) is 5.10 Å². The highest BCUT2D eigenvalue weighted by Gasteiger charge is 2.18. The van der Waals surface area contributed by atoms with Crippen LogP contribution in [-0.2, 0) is 17.9 Å². The van der Waals surface area contributed by atoms with Gasteiger partial charge in [-0.25, -0.2) is 4.98 Å². The lowest BCUT2D eigenvalue weighted by molar-refractivity contribution is -0.113. The number of anilines is 1. The summed E-state index contributed by atoms with van der Waals surface area (Å²) in [5.41, 5.74) is 3.52. The van der Waals surface area contributed by atoms with Gasteiger partial charge in [0.25, 0.3) is 5.56 Å². The summed E-state index contributed by atoms with van der Waals surface area (Å²) >= 11 is 1.26. The van der Waals surface area contributed by atoms with Crippen molar-refractivity contribution >= 4 is 34.4 Å². The smallest absolute Gasteiger partial charge is 0.280 e. The monoisotopic (exact) mass is 385 g/mol. The Morgan fingerprint density at radius 3 is 2.59 bits per heavy atom. The maximum Gasteiger partial charge on any atom is 0.280 e. The summed E-state index contributed by atoms with van der Waals surface area (Å²) in [6, 6.07) is 7.62. The summed E-state index contributed by atoms with van der Waals surface area (Å²) in [6.07, 6.45) is 0. The first-order valence-electron chi connectivity index (χ1n) is 8.92. The zero-order valence-corrected chi connectivity index (χ0v) is 16.8. The number of benzene rings is 1. The van der Waals surface area contributed by atoms with Gasteiger partial charge in [-0.3, -0.25) is 18.8 Å². The number of carbonyl (C=O) groups excluding carboxylic acids is 1. The highest BCUT2D eigenvalue weighted by atomic mass is 32.2. The Bertz CT molecular complexity index is 1050. The summed E-state index contributed by atoms with van der Waals surface area (Å²) in [5, 5.41) is 7.84. The zero-order valence-electron chi connectivity index (χ0n) is 15.9. The molecule has 142 valence electrons. The summed E-state index contributed by atoms with van der Waals surface area (Å²) in [4.78, 5) is 29.9. The summed E-state index contributed by atoms with van der Waals surface area (Å²) in [5.74, 6) is 0.0417. The number of aromatic nitrogens is 4. The molecule has 2 aromatic heterocycles. The van der Waals surface area contributed by atoms with Crippen LogP contribution in [0.15, 0.2) is 34.2 Å². The van der Waals surface area contributed by atoms with E-state index in [1.165, 1.54) is 11.8 Å². The topological polar surface area (TPSA) is 81.8 Å². The first-order valence-corrected chi connectivity index (χ1v) is 9.91. The molecular formula is C19H23N5O2S. The minimum absolute atomic E-state index is 0.119. The van der Waals surface area contributed by atoms with E-state index in [4.69, 9.17) is 0 Å². The van der Waals surface area contributed by atoms with Crippen LogP contribution in [0, 0.1) is 13.8 Å². The Hall–Kier alpha value is -2.61. The lowest BCUT2D eigenvalue weighted by Gasteiger charge is -2.11. The fraction of sp³-hybridized carbons (Fsp3) is 0.368. The lowest BCUT2D eigenvalue weighted by Crippen LogP contribution is -2.25. The van der Waals surface area contributed by atoms with Crippen molar-refractivity contribution in [3.8, 4) is 0 Å². The minimum Gasteiger partial charge on any atom is -0.325 e. The third-order valence-corrected chi connectivity index (χ3v) is 5.33. The van der Waals surface area contributed by atoms with Gasteiger partial charge in [0.2, 0.25) is 5.91 Å². The number of para-hydroxylation sites is 1. The van der Waals surface area contributed by atoms with Crippen LogP contribution in [-0.4, -0.2) is 31.0 Å². The van der Waals surface area contributed by atoms with Crippen LogP contribution >= 0.6 is 11.8 Å². The number of hydrogen-bond acceptors (Lipinski definition) is 5. The molecule has 27 heavy (non-hydrogen) atoms. The second kappa shape index (κ2) is 7.96. The Balaban J connectivity index is 1.86. The molecule has 1 amide bonds. The second-order valence-electron chi connectivity index (χ2n) is 6.19.